The van der Waals surface area contributed by atoms with Crippen LogP contribution >= 0.6 is 0 Å². The highest BCUT2D eigenvalue weighted by atomic mass is 16.5. The maximum absolute atomic E-state index is 11.8. The van der Waals surface area contributed by atoms with E-state index >= 15 is 0 Å². The third kappa shape index (κ3) is 4.08. The van der Waals surface area contributed by atoms with Gasteiger partial charge < -0.3 is 15.4 Å². The molecule has 0 bridgehead atoms. The molecule has 1 fully saturated rings. The molecule has 1 heterocycles. The number of rotatable bonds is 5. The van der Waals surface area contributed by atoms with Gasteiger partial charge in [-0.1, -0.05) is 0 Å². The maximum atomic E-state index is 11.8. The fourth-order valence-corrected chi connectivity index (χ4v) is 1.90. The molecule has 2 atom stereocenters. The molecule has 0 aliphatic carbocycles. The Hall–Kier alpha value is -0.650. The van der Waals surface area contributed by atoms with Gasteiger partial charge >= 0.3 is 0 Å². The van der Waals surface area contributed by atoms with Crippen LogP contribution in [0.4, 0.5) is 0 Å². The first-order chi connectivity index (χ1) is 7.65. The standard InChI is InChI=1S/C11H23N3O2/c1-9-8-14(6-4-12-9)10(2)11(15)13-5-7-16-3/h9-10,12H,4-8H2,1-3H3,(H,13,15)/t9-,10?/m0/s1. The van der Waals surface area contributed by atoms with E-state index in [1.165, 1.54) is 0 Å². The van der Waals surface area contributed by atoms with Crippen molar-refractivity contribution in [2.45, 2.75) is 25.9 Å². The lowest BCUT2D eigenvalue weighted by Gasteiger charge is -2.35. The Morgan fingerprint density at radius 1 is 1.69 bits per heavy atom. The van der Waals surface area contributed by atoms with E-state index in [1.807, 2.05) is 6.92 Å². The number of nitrogens with one attached hydrogen (secondary N) is 2. The molecule has 0 aromatic rings. The quantitative estimate of drug-likeness (QED) is 0.620. The smallest absolute Gasteiger partial charge is 0.237 e. The van der Waals surface area contributed by atoms with E-state index in [0.29, 0.717) is 19.2 Å². The predicted molar refractivity (Wildman–Crippen MR) is 63.4 cm³/mol. The number of nitrogens with zero attached hydrogens (tertiary/aromatic N) is 1. The average molecular weight is 229 g/mol. The Kier molecular flexibility index (Phi) is 5.73. The molecule has 0 aromatic carbocycles. The summed E-state index contributed by atoms with van der Waals surface area (Å²) >= 11 is 0. The fourth-order valence-electron chi connectivity index (χ4n) is 1.90. The van der Waals surface area contributed by atoms with Crippen molar-refractivity contribution in [3.63, 3.8) is 0 Å². The first kappa shape index (κ1) is 13.4. The third-order valence-corrected chi connectivity index (χ3v) is 2.93. The number of ether oxygens (including phenoxy) is 1. The van der Waals surface area contributed by atoms with Gasteiger partial charge in [0.1, 0.15) is 0 Å². The minimum Gasteiger partial charge on any atom is -0.383 e. The van der Waals surface area contributed by atoms with Crippen molar-refractivity contribution in [1.82, 2.24) is 15.5 Å². The molecular formula is C11H23N3O2. The van der Waals surface area contributed by atoms with Gasteiger partial charge in [-0.05, 0) is 13.8 Å². The van der Waals surface area contributed by atoms with Gasteiger partial charge in [0.25, 0.3) is 0 Å². The molecule has 5 nitrogen and oxygen atoms in total. The summed E-state index contributed by atoms with van der Waals surface area (Å²) in [5, 5.41) is 6.23. The summed E-state index contributed by atoms with van der Waals surface area (Å²) in [6, 6.07) is 0.407. The van der Waals surface area contributed by atoms with Gasteiger partial charge in [0.05, 0.1) is 12.6 Å². The predicted octanol–water partition coefficient (Wildman–Crippen LogP) is -0.569. The number of carbonyl (C=O) groups is 1. The average Bonchev–Trinajstić information content (AvgIpc) is 2.28. The molecule has 5 heteroatoms. The van der Waals surface area contributed by atoms with Crippen LogP contribution in [0.15, 0.2) is 0 Å². The second kappa shape index (κ2) is 6.83. The van der Waals surface area contributed by atoms with Crippen molar-refractivity contribution in [3.05, 3.63) is 0 Å². The molecule has 94 valence electrons. The van der Waals surface area contributed by atoms with E-state index in [1.54, 1.807) is 7.11 Å². The van der Waals surface area contributed by atoms with E-state index < -0.39 is 0 Å². The minimum atomic E-state index is -0.0543. The molecule has 1 aliphatic rings. The Labute approximate surface area is 97.5 Å². The van der Waals surface area contributed by atoms with Gasteiger partial charge in [-0.25, -0.2) is 0 Å². The second-order valence-corrected chi connectivity index (χ2v) is 4.31. The van der Waals surface area contributed by atoms with E-state index in [9.17, 15) is 4.79 Å². The van der Waals surface area contributed by atoms with Crippen LogP contribution in [0, 0.1) is 0 Å². The summed E-state index contributed by atoms with van der Waals surface area (Å²) < 4.78 is 4.90. The molecule has 2 N–H and O–H groups in total. The lowest BCUT2D eigenvalue weighted by atomic mass is 10.1. The third-order valence-electron chi connectivity index (χ3n) is 2.93. The zero-order valence-electron chi connectivity index (χ0n) is 10.5. The van der Waals surface area contributed by atoms with E-state index in [-0.39, 0.29) is 11.9 Å². The summed E-state index contributed by atoms with van der Waals surface area (Å²) in [5.41, 5.74) is 0. The van der Waals surface area contributed by atoms with Crippen molar-refractivity contribution in [3.8, 4) is 0 Å². The summed E-state index contributed by atoms with van der Waals surface area (Å²) in [6.07, 6.45) is 0. The van der Waals surface area contributed by atoms with Gasteiger partial charge in [0, 0.05) is 39.3 Å². The van der Waals surface area contributed by atoms with Crippen molar-refractivity contribution < 1.29 is 9.53 Å². The lowest BCUT2D eigenvalue weighted by Crippen LogP contribution is -2.56. The summed E-state index contributed by atoms with van der Waals surface area (Å²) in [4.78, 5) is 14.0. The molecular weight excluding hydrogens is 206 g/mol. The van der Waals surface area contributed by atoms with Crippen LogP contribution in [0.3, 0.4) is 0 Å². The highest BCUT2D eigenvalue weighted by Gasteiger charge is 2.24. The SMILES string of the molecule is COCCNC(=O)C(C)N1CCN[C@@H](C)C1. The second-order valence-electron chi connectivity index (χ2n) is 4.31. The van der Waals surface area contributed by atoms with Crippen molar-refractivity contribution in [2.24, 2.45) is 0 Å². The van der Waals surface area contributed by atoms with Crippen LogP contribution in [0.1, 0.15) is 13.8 Å². The molecule has 1 amide bonds. The molecule has 1 rings (SSSR count). The Morgan fingerprint density at radius 3 is 3.06 bits per heavy atom. The maximum Gasteiger partial charge on any atom is 0.237 e. The van der Waals surface area contributed by atoms with Crippen LogP contribution in [0.2, 0.25) is 0 Å². The van der Waals surface area contributed by atoms with E-state index in [2.05, 4.69) is 22.5 Å². The largest absolute Gasteiger partial charge is 0.383 e. The first-order valence-electron chi connectivity index (χ1n) is 5.89. The van der Waals surface area contributed by atoms with Crippen LogP contribution in [0.5, 0.6) is 0 Å². The first-order valence-corrected chi connectivity index (χ1v) is 5.89. The fraction of sp³-hybridized carbons (Fsp3) is 0.909. The van der Waals surface area contributed by atoms with Crippen molar-refractivity contribution in [1.29, 1.82) is 0 Å². The number of amides is 1. The van der Waals surface area contributed by atoms with Gasteiger partial charge in [-0.15, -0.1) is 0 Å². The highest BCUT2D eigenvalue weighted by molar-refractivity contribution is 5.81. The Morgan fingerprint density at radius 2 is 2.44 bits per heavy atom. The van der Waals surface area contributed by atoms with Gasteiger partial charge in [0.2, 0.25) is 5.91 Å². The van der Waals surface area contributed by atoms with Crippen LogP contribution < -0.4 is 10.6 Å². The van der Waals surface area contributed by atoms with Gasteiger partial charge in [-0.3, -0.25) is 9.69 Å². The zero-order valence-corrected chi connectivity index (χ0v) is 10.5. The Balaban J connectivity index is 2.31. The van der Waals surface area contributed by atoms with Crippen LogP contribution in [-0.2, 0) is 9.53 Å². The number of piperazine rings is 1. The molecule has 16 heavy (non-hydrogen) atoms. The lowest BCUT2D eigenvalue weighted by molar-refractivity contribution is -0.126. The summed E-state index contributed by atoms with van der Waals surface area (Å²) in [7, 11) is 1.63. The Bertz CT molecular complexity index is 223. The van der Waals surface area contributed by atoms with Crippen molar-refractivity contribution >= 4 is 5.91 Å². The molecule has 1 aliphatic heterocycles. The van der Waals surface area contributed by atoms with Crippen LogP contribution in [0.25, 0.3) is 0 Å². The number of carbonyl (C=O) groups excluding carboxylic acids is 1. The zero-order chi connectivity index (χ0) is 12.0. The molecule has 0 aromatic heterocycles. The highest BCUT2D eigenvalue weighted by Crippen LogP contribution is 2.04. The molecule has 0 radical (unpaired) electrons. The summed E-state index contributed by atoms with van der Waals surface area (Å²) in [6.45, 7) is 8.07. The van der Waals surface area contributed by atoms with Crippen molar-refractivity contribution in [2.75, 3.05) is 39.9 Å². The number of hydrogen-bond donors (Lipinski definition) is 2. The topological polar surface area (TPSA) is 53.6 Å². The normalized spacial score (nSPS) is 24.1. The minimum absolute atomic E-state index is 0.0543. The number of hydrogen-bond acceptors (Lipinski definition) is 4. The molecule has 1 saturated heterocycles. The number of methoxy groups -OCH3 is 1. The van der Waals surface area contributed by atoms with Gasteiger partial charge in [-0.2, -0.15) is 0 Å². The molecule has 0 saturated carbocycles. The van der Waals surface area contributed by atoms with Crippen LogP contribution in [-0.4, -0.2) is 62.8 Å². The molecule has 0 spiro atoms. The van der Waals surface area contributed by atoms with Gasteiger partial charge in [0.15, 0.2) is 0 Å². The van der Waals surface area contributed by atoms with E-state index in [4.69, 9.17) is 4.74 Å². The monoisotopic (exact) mass is 229 g/mol. The molecule has 1 unspecified atom stereocenters. The van der Waals surface area contributed by atoms with E-state index in [0.717, 1.165) is 19.6 Å². The summed E-state index contributed by atoms with van der Waals surface area (Å²) in [5.74, 6) is 0.0890.